The van der Waals surface area contributed by atoms with Gasteiger partial charge in [0.2, 0.25) is 5.13 Å². The number of hydrogen-bond donors (Lipinski definition) is 1. The van der Waals surface area contributed by atoms with E-state index in [1.165, 1.54) is 11.3 Å². The Balaban J connectivity index is 1.76. The van der Waals surface area contributed by atoms with Crippen LogP contribution in [-0.4, -0.2) is 29.9 Å². The number of rotatable bonds is 3. The summed E-state index contributed by atoms with van der Waals surface area (Å²) in [6.45, 7) is 0. The molecule has 3 aromatic rings. The highest BCUT2D eigenvalue weighted by Gasteiger charge is 2.38. The summed E-state index contributed by atoms with van der Waals surface area (Å²) in [6, 6.07) is 17.7. The predicted octanol–water partition coefficient (Wildman–Crippen LogP) is 3.33. The molecule has 1 amide bonds. The van der Waals surface area contributed by atoms with Gasteiger partial charge in [0.15, 0.2) is 0 Å². The summed E-state index contributed by atoms with van der Waals surface area (Å²) in [5.74, 6) is -0.0680. The van der Waals surface area contributed by atoms with Gasteiger partial charge in [0.05, 0.1) is 21.8 Å². The molecular formula is C19H18N4OS. The SMILES string of the molecule is CN(C)C=C1C(=O)N(c2nc3ccccc3s2)N[C@@H]1c1ccccc1. The number of hydrogen-bond acceptors (Lipinski definition) is 5. The highest BCUT2D eigenvalue weighted by atomic mass is 32.1. The average molecular weight is 350 g/mol. The number of aromatic nitrogens is 1. The largest absolute Gasteiger partial charge is 0.383 e. The summed E-state index contributed by atoms with van der Waals surface area (Å²) >= 11 is 1.51. The van der Waals surface area contributed by atoms with Crippen LogP contribution in [0, 0.1) is 0 Å². The van der Waals surface area contributed by atoms with Crippen LogP contribution in [0.2, 0.25) is 0 Å². The summed E-state index contributed by atoms with van der Waals surface area (Å²) < 4.78 is 1.06. The summed E-state index contributed by atoms with van der Waals surface area (Å²) in [6.07, 6.45) is 1.88. The van der Waals surface area contributed by atoms with Gasteiger partial charge in [-0.3, -0.25) is 4.79 Å². The van der Waals surface area contributed by atoms with E-state index in [4.69, 9.17) is 0 Å². The van der Waals surface area contributed by atoms with Crippen molar-refractivity contribution in [1.29, 1.82) is 0 Å². The van der Waals surface area contributed by atoms with Gasteiger partial charge in [-0.2, -0.15) is 0 Å². The normalized spacial score (nSPS) is 19.1. The zero-order valence-corrected chi connectivity index (χ0v) is 14.8. The zero-order valence-electron chi connectivity index (χ0n) is 14.0. The Labute approximate surface area is 150 Å². The standard InChI is InChI=1S/C19H18N4OS/c1-22(2)12-14-17(13-8-4-3-5-9-13)21-23(18(14)24)19-20-15-10-6-7-11-16(15)25-19/h3-12,17,21H,1-2H3/t17-/m1/s1. The molecule has 1 N–H and O–H groups in total. The molecule has 0 saturated carbocycles. The van der Waals surface area contributed by atoms with Crippen LogP contribution in [-0.2, 0) is 4.79 Å². The Morgan fingerprint density at radius 1 is 1.12 bits per heavy atom. The number of carbonyl (C=O) groups is 1. The molecule has 1 aromatic heterocycles. The van der Waals surface area contributed by atoms with E-state index in [2.05, 4.69) is 10.4 Å². The molecule has 25 heavy (non-hydrogen) atoms. The highest BCUT2D eigenvalue weighted by Crippen LogP contribution is 2.35. The lowest BCUT2D eigenvalue weighted by molar-refractivity contribution is -0.114. The smallest absolute Gasteiger partial charge is 0.274 e. The van der Waals surface area contributed by atoms with Gasteiger partial charge < -0.3 is 4.90 Å². The minimum atomic E-state index is -0.192. The van der Waals surface area contributed by atoms with Gasteiger partial charge in [-0.05, 0) is 17.7 Å². The number of carbonyl (C=O) groups excluding carboxylic acids is 1. The summed E-state index contributed by atoms with van der Waals surface area (Å²) in [7, 11) is 3.84. The molecule has 0 bridgehead atoms. The lowest BCUT2D eigenvalue weighted by atomic mass is 10.0. The van der Waals surface area contributed by atoms with Crippen LogP contribution in [0.5, 0.6) is 0 Å². The summed E-state index contributed by atoms with van der Waals surface area (Å²) in [5, 5.41) is 2.23. The van der Waals surface area contributed by atoms with Crippen LogP contribution in [0.3, 0.4) is 0 Å². The van der Waals surface area contributed by atoms with E-state index in [1.807, 2.05) is 79.8 Å². The van der Waals surface area contributed by atoms with E-state index in [-0.39, 0.29) is 11.9 Å². The first-order valence-electron chi connectivity index (χ1n) is 8.03. The fourth-order valence-electron chi connectivity index (χ4n) is 2.92. The van der Waals surface area contributed by atoms with Gasteiger partial charge in [0.1, 0.15) is 0 Å². The topological polar surface area (TPSA) is 48.5 Å². The molecule has 0 spiro atoms. The second-order valence-corrected chi connectivity index (χ2v) is 7.13. The number of para-hydroxylation sites is 1. The number of amides is 1. The number of benzene rings is 2. The molecule has 1 aliphatic heterocycles. The molecule has 0 radical (unpaired) electrons. The molecule has 6 heteroatoms. The average Bonchev–Trinajstić information content (AvgIpc) is 3.17. The van der Waals surface area contributed by atoms with Gasteiger partial charge in [-0.1, -0.05) is 53.8 Å². The predicted molar refractivity (Wildman–Crippen MR) is 101 cm³/mol. The Morgan fingerprint density at radius 2 is 1.84 bits per heavy atom. The Kier molecular flexibility index (Phi) is 3.99. The minimum Gasteiger partial charge on any atom is -0.383 e. The molecule has 1 fully saturated rings. The zero-order chi connectivity index (χ0) is 17.4. The Bertz CT molecular complexity index is 915. The van der Waals surface area contributed by atoms with E-state index in [0.717, 1.165) is 15.8 Å². The van der Waals surface area contributed by atoms with Crippen molar-refractivity contribution in [2.45, 2.75) is 6.04 Å². The third-order valence-corrected chi connectivity index (χ3v) is 5.04. The second kappa shape index (κ2) is 6.31. The maximum atomic E-state index is 13.0. The molecule has 0 unspecified atom stereocenters. The minimum absolute atomic E-state index is 0.0680. The summed E-state index contributed by atoms with van der Waals surface area (Å²) in [4.78, 5) is 19.5. The molecule has 5 nitrogen and oxygen atoms in total. The number of hydrazine groups is 1. The van der Waals surface area contributed by atoms with Crippen molar-refractivity contribution in [1.82, 2.24) is 15.3 Å². The molecular weight excluding hydrogens is 332 g/mol. The van der Waals surface area contributed by atoms with E-state index in [9.17, 15) is 4.79 Å². The molecule has 2 heterocycles. The molecule has 1 aliphatic rings. The van der Waals surface area contributed by atoms with Crippen molar-refractivity contribution in [3.8, 4) is 0 Å². The summed E-state index contributed by atoms with van der Waals surface area (Å²) in [5.41, 5.74) is 5.98. The molecule has 126 valence electrons. The second-order valence-electron chi connectivity index (χ2n) is 6.13. The van der Waals surface area contributed by atoms with E-state index < -0.39 is 0 Å². The van der Waals surface area contributed by atoms with Crippen molar-refractivity contribution < 1.29 is 4.79 Å². The first-order chi connectivity index (χ1) is 12.1. The van der Waals surface area contributed by atoms with E-state index in [0.29, 0.717) is 10.7 Å². The molecule has 1 atom stereocenters. The molecule has 0 aliphatic carbocycles. The van der Waals surface area contributed by atoms with Crippen molar-refractivity contribution in [3.63, 3.8) is 0 Å². The van der Waals surface area contributed by atoms with Gasteiger partial charge in [0, 0.05) is 20.3 Å². The molecule has 4 rings (SSSR count). The van der Waals surface area contributed by atoms with Crippen LogP contribution < -0.4 is 10.4 Å². The van der Waals surface area contributed by atoms with Gasteiger partial charge in [-0.25, -0.2) is 15.4 Å². The fraction of sp³-hybridized carbons (Fsp3) is 0.158. The monoisotopic (exact) mass is 350 g/mol. The third kappa shape index (κ3) is 2.90. The van der Waals surface area contributed by atoms with Gasteiger partial charge in [-0.15, -0.1) is 0 Å². The quantitative estimate of drug-likeness (QED) is 0.736. The van der Waals surface area contributed by atoms with E-state index in [1.54, 1.807) is 5.01 Å². The van der Waals surface area contributed by atoms with Crippen LogP contribution in [0.4, 0.5) is 5.13 Å². The number of nitrogens with one attached hydrogen (secondary N) is 1. The van der Waals surface area contributed by atoms with Gasteiger partial charge >= 0.3 is 0 Å². The lowest BCUT2D eigenvalue weighted by Gasteiger charge is -2.15. The van der Waals surface area contributed by atoms with E-state index >= 15 is 0 Å². The highest BCUT2D eigenvalue weighted by molar-refractivity contribution is 7.22. The van der Waals surface area contributed by atoms with Gasteiger partial charge in [0.25, 0.3) is 5.91 Å². The van der Waals surface area contributed by atoms with Crippen LogP contribution >= 0.6 is 11.3 Å². The lowest BCUT2D eigenvalue weighted by Crippen LogP contribution is -2.35. The Hall–Kier alpha value is -2.70. The molecule has 2 aromatic carbocycles. The van der Waals surface area contributed by atoms with Crippen LogP contribution in [0.1, 0.15) is 11.6 Å². The maximum absolute atomic E-state index is 13.0. The van der Waals surface area contributed by atoms with Crippen LogP contribution in [0.25, 0.3) is 10.2 Å². The van der Waals surface area contributed by atoms with Crippen molar-refractivity contribution >= 4 is 32.6 Å². The number of nitrogens with zero attached hydrogens (tertiary/aromatic N) is 3. The van der Waals surface area contributed by atoms with Crippen molar-refractivity contribution in [2.24, 2.45) is 0 Å². The van der Waals surface area contributed by atoms with Crippen molar-refractivity contribution in [3.05, 3.63) is 71.9 Å². The number of thiazole rings is 1. The number of anilines is 1. The maximum Gasteiger partial charge on any atom is 0.274 e. The fourth-order valence-corrected chi connectivity index (χ4v) is 3.85. The van der Waals surface area contributed by atoms with Crippen molar-refractivity contribution in [2.75, 3.05) is 19.1 Å². The number of fused-ring (bicyclic) bond motifs is 1. The first-order valence-corrected chi connectivity index (χ1v) is 8.84. The third-order valence-electron chi connectivity index (χ3n) is 4.02. The Morgan fingerprint density at radius 3 is 2.56 bits per heavy atom. The molecule has 1 saturated heterocycles. The van der Waals surface area contributed by atoms with Crippen LogP contribution in [0.15, 0.2) is 66.4 Å². The first kappa shape index (κ1) is 15.8.